The molecular formula is C12H10BrFN2O2. The minimum atomic E-state index is -0.484. The van der Waals surface area contributed by atoms with Crippen LogP contribution in [0.25, 0.3) is 0 Å². The monoisotopic (exact) mass is 312 g/mol. The molecule has 0 aliphatic heterocycles. The van der Waals surface area contributed by atoms with Crippen LogP contribution >= 0.6 is 15.9 Å². The molecule has 4 nitrogen and oxygen atoms in total. The van der Waals surface area contributed by atoms with Gasteiger partial charge in [-0.3, -0.25) is 14.3 Å². The third-order valence-electron chi connectivity index (χ3n) is 2.54. The fourth-order valence-corrected chi connectivity index (χ4v) is 2.05. The van der Waals surface area contributed by atoms with Gasteiger partial charge < -0.3 is 0 Å². The number of hydrogen-bond donors (Lipinski definition) is 1. The number of aryl methyl sites for hydroxylation is 1. The van der Waals surface area contributed by atoms with Crippen LogP contribution in [0.3, 0.4) is 0 Å². The van der Waals surface area contributed by atoms with Crippen LogP contribution in [0.4, 0.5) is 4.39 Å². The summed E-state index contributed by atoms with van der Waals surface area (Å²) in [5.74, 6) is -0.351. The lowest BCUT2D eigenvalue weighted by Gasteiger charge is -2.08. The summed E-state index contributed by atoms with van der Waals surface area (Å²) >= 11 is 3.23. The van der Waals surface area contributed by atoms with E-state index in [1.54, 1.807) is 13.0 Å². The molecule has 2 aromatic rings. The average molecular weight is 313 g/mol. The van der Waals surface area contributed by atoms with Crippen molar-refractivity contribution >= 4 is 15.9 Å². The largest absolute Gasteiger partial charge is 0.328 e. The minimum Gasteiger partial charge on any atom is -0.296 e. The van der Waals surface area contributed by atoms with Gasteiger partial charge in [0.2, 0.25) is 0 Å². The maximum atomic E-state index is 12.9. The zero-order valence-electron chi connectivity index (χ0n) is 9.54. The smallest absolute Gasteiger partial charge is 0.296 e. The highest BCUT2D eigenvalue weighted by Crippen LogP contribution is 2.18. The van der Waals surface area contributed by atoms with Crippen LogP contribution < -0.4 is 11.2 Å². The van der Waals surface area contributed by atoms with Crippen molar-refractivity contribution in [3.8, 4) is 0 Å². The van der Waals surface area contributed by atoms with Crippen LogP contribution in [0, 0.1) is 12.7 Å². The molecule has 0 fully saturated rings. The number of nitrogens with one attached hydrogen (secondary N) is 1. The third-order valence-corrected chi connectivity index (χ3v) is 3.28. The van der Waals surface area contributed by atoms with Crippen molar-refractivity contribution in [2.24, 2.45) is 0 Å². The molecule has 1 heterocycles. The average Bonchev–Trinajstić information content (AvgIpc) is 2.29. The Morgan fingerprint density at radius 1 is 1.39 bits per heavy atom. The SMILES string of the molecule is Cc1cn(Cc2ccc(F)cc2Br)c(=O)[nH]c1=O. The molecule has 0 aliphatic carbocycles. The number of halogens is 2. The van der Waals surface area contributed by atoms with Gasteiger partial charge >= 0.3 is 5.69 Å². The summed E-state index contributed by atoms with van der Waals surface area (Å²) in [5, 5.41) is 0. The normalized spacial score (nSPS) is 10.6. The Bertz CT molecular complexity index is 706. The number of aromatic nitrogens is 2. The van der Waals surface area contributed by atoms with Gasteiger partial charge in [-0.05, 0) is 24.6 Å². The number of H-pyrrole nitrogens is 1. The van der Waals surface area contributed by atoms with Gasteiger partial charge in [-0.2, -0.15) is 0 Å². The zero-order chi connectivity index (χ0) is 13.3. The minimum absolute atomic E-state index is 0.261. The zero-order valence-corrected chi connectivity index (χ0v) is 11.1. The molecule has 0 saturated carbocycles. The van der Waals surface area contributed by atoms with Gasteiger partial charge in [-0.1, -0.05) is 22.0 Å². The standard InChI is InChI=1S/C12H10BrFN2O2/c1-7-5-16(12(18)15-11(7)17)6-8-2-3-9(14)4-10(8)13/h2-5H,6H2,1H3,(H,15,17,18). The molecule has 0 spiro atoms. The summed E-state index contributed by atoms with van der Waals surface area (Å²) in [6.45, 7) is 1.88. The summed E-state index contributed by atoms with van der Waals surface area (Å²) < 4.78 is 14.9. The number of benzene rings is 1. The van der Waals surface area contributed by atoms with Crippen LogP contribution in [0.2, 0.25) is 0 Å². The third kappa shape index (κ3) is 2.59. The van der Waals surface area contributed by atoms with E-state index in [0.717, 1.165) is 5.56 Å². The molecule has 1 aromatic heterocycles. The Hall–Kier alpha value is -1.69. The Labute approximate surface area is 110 Å². The van der Waals surface area contributed by atoms with E-state index in [-0.39, 0.29) is 12.4 Å². The Morgan fingerprint density at radius 3 is 2.78 bits per heavy atom. The van der Waals surface area contributed by atoms with Crippen molar-refractivity contribution in [2.75, 3.05) is 0 Å². The van der Waals surface area contributed by atoms with Gasteiger partial charge in [0.25, 0.3) is 5.56 Å². The van der Waals surface area contributed by atoms with E-state index in [9.17, 15) is 14.0 Å². The van der Waals surface area contributed by atoms with Gasteiger partial charge in [0.05, 0.1) is 6.54 Å². The molecule has 0 saturated heterocycles. The summed E-state index contributed by atoms with van der Waals surface area (Å²) in [4.78, 5) is 25.0. The number of hydrogen-bond acceptors (Lipinski definition) is 2. The molecule has 0 bridgehead atoms. The summed E-state index contributed by atoms with van der Waals surface area (Å²) in [5.41, 5.74) is 0.328. The van der Waals surface area contributed by atoms with Crippen molar-refractivity contribution in [3.05, 3.63) is 66.7 Å². The second-order valence-electron chi connectivity index (χ2n) is 3.94. The Kier molecular flexibility index (Phi) is 3.47. The molecule has 94 valence electrons. The van der Waals surface area contributed by atoms with Crippen molar-refractivity contribution in [1.29, 1.82) is 0 Å². The second-order valence-corrected chi connectivity index (χ2v) is 4.79. The quantitative estimate of drug-likeness (QED) is 0.919. The fraction of sp³-hybridized carbons (Fsp3) is 0.167. The van der Waals surface area contributed by atoms with Gasteiger partial charge in [-0.25, -0.2) is 9.18 Å². The fourth-order valence-electron chi connectivity index (χ4n) is 1.57. The van der Waals surface area contributed by atoms with E-state index in [1.807, 2.05) is 0 Å². The highest BCUT2D eigenvalue weighted by atomic mass is 79.9. The van der Waals surface area contributed by atoms with Gasteiger partial charge in [-0.15, -0.1) is 0 Å². The molecule has 6 heteroatoms. The highest BCUT2D eigenvalue weighted by Gasteiger charge is 2.05. The molecule has 2 rings (SSSR count). The maximum Gasteiger partial charge on any atom is 0.328 e. The molecule has 1 N–H and O–H groups in total. The van der Waals surface area contributed by atoms with Crippen LogP contribution in [0.5, 0.6) is 0 Å². The first kappa shape index (κ1) is 12.8. The number of nitrogens with zero attached hydrogens (tertiary/aromatic N) is 1. The first-order valence-electron chi connectivity index (χ1n) is 5.21. The van der Waals surface area contributed by atoms with Crippen LogP contribution in [0.15, 0.2) is 38.5 Å². The van der Waals surface area contributed by atoms with Crippen LogP contribution in [0.1, 0.15) is 11.1 Å². The van der Waals surface area contributed by atoms with Crippen LogP contribution in [-0.2, 0) is 6.54 Å². The van der Waals surface area contributed by atoms with Crippen LogP contribution in [-0.4, -0.2) is 9.55 Å². The lowest BCUT2D eigenvalue weighted by atomic mass is 10.2. The topological polar surface area (TPSA) is 54.9 Å². The molecule has 18 heavy (non-hydrogen) atoms. The molecule has 0 unspecified atom stereocenters. The maximum absolute atomic E-state index is 12.9. The van der Waals surface area contributed by atoms with Gasteiger partial charge in [0.1, 0.15) is 5.82 Å². The van der Waals surface area contributed by atoms with E-state index in [4.69, 9.17) is 0 Å². The van der Waals surface area contributed by atoms with E-state index in [1.165, 1.54) is 22.9 Å². The number of aromatic amines is 1. The molecular weight excluding hydrogens is 303 g/mol. The van der Waals surface area contributed by atoms with Crippen molar-refractivity contribution in [1.82, 2.24) is 9.55 Å². The van der Waals surface area contributed by atoms with Gasteiger partial charge in [0, 0.05) is 16.2 Å². The highest BCUT2D eigenvalue weighted by molar-refractivity contribution is 9.10. The van der Waals surface area contributed by atoms with E-state index in [2.05, 4.69) is 20.9 Å². The lowest BCUT2D eigenvalue weighted by molar-refractivity contribution is 0.624. The van der Waals surface area contributed by atoms with E-state index >= 15 is 0 Å². The van der Waals surface area contributed by atoms with E-state index < -0.39 is 11.2 Å². The van der Waals surface area contributed by atoms with Gasteiger partial charge in [0.15, 0.2) is 0 Å². The first-order chi connectivity index (χ1) is 8.47. The molecule has 1 aromatic carbocycles. The summed E-state index contributed by atoms with van der Waals surface area (Å²) in [7, 11) is 0. The predicted molar refractivity (Wildman–Crippen MR) is 69.3 cm³/mol. The Balaban J connectivity index is 2.43. The first-order valence-corrected chi connectivity index (χ1v) is 6.01. The van der Waals surface area contributed by atoms with Crippen molar-refractivity contribution in [2.45, 2.75) is 13.5 Å². The summed E-state index contributed by atoms with van der Waals surface area (Å²) in [6.07, 6.45) is 1.48. The molecule has 0 radical (unpaired) electrons. The molecule has 0 amide bonds. The second kappa shape index (κ2) is 4.89. The Morgan fingerprint density at radius 2 is 2.11 bits per heavy atom. The predicted octanol–water partition coefficient (Wildman–Crippen LogP) is 1.79. The number of rotatable bonds is 2. The lowest BCUT2D eigenvalue weighted by Crippen LogP contribution is -2.31. The van der Waals surface area contributed by atoms with Crippen molar-refractivity contribution in [3.63, 3.8) is 0 Å². The molecule has 0 atom stereocenters. The van der Waals surface area contributed by atoms with Crippen molar-refractivity contribution < 1.29 is 4.39 Å². The summed E-state index contributed by atoms with van der Waals surface area (Å²) in [6, 6.07) is 4.24. The molecule has 0 aliphatic rings. The van der Waals surface area contributed by atoms with E-state index in [0.29, 0.717) is 10.0 Å².